The first-order valence-electron chi connectivity index (χ1n) is 6.42. The fourth-order valence-corrected chi connectivity index (χ4v) is 2.52. The van der Waals surface area contributed by atoms with Gasteiger partial charge in [0.25, 0.3) is 0 Å². The van der Waals surface area contributed by atoms with Gasteiger partial charge in [-0.3, -0.25) is 9.59 Å². The third-order valence-corrected chi connectivity index (χ3v) is 3.40. The van der Waals surface area contributed by atoms with Gasteiger partial charge in [0.15, 0.2) is 6.29 Å². The molecule has 1 aromatic rings. The number of fused-ring (bicyclic) bond motifs is 2. The van der Waals surface area contributed by atoms with Crippen molar-refractivity contribution in [3.8, 4) is 0 Å². The summed E-state index contributed by atoms with van der Waals surface area (Å²) in [5.74, 6) is -0.360. The molecular formula is C15H14O4. The van der Waals surface area contributed by atoms with Crippen molar-refractivity contribution >= 4 is 17.3 Å². The van der Waals surface area contributed by atoms with Gasteiger partial charge in [-0.25, -0.2) is 0 Å². The smallest absolute Gasteiger partial charge is 0.234 e. The Morgan fingerprint density at radius 2 is 1.95 bits per heavy atom. The molecule has 0 radical (unpaired) electrons. The number of rotatable bonds is 2. The number of allylic oxidation sites excluding steroid dienone is 1. The molecule has 1 aliphatic carbocycles. The van der Waals surface area contributed by atoms with Crippen molar-refractivity contribution in [2.75, 3.05) is 6.61 Å². The molecule has 1 heterocycles. The monoisotopic (exact) mass is 258 g/mol. The van der Waals surface area contributed by atoms with Crippen LogP contribution in [0.2, 0.25) is 0 Å². The van der Waals surface area contributed by atoms with Crippen LogP contribution in [0.5, 0.6) is 0 Å². The summed E-state index contributed by atoms with van der Waals surface area (Å²) in [5, 5.41) is 0. The topological polar surface area (TPSA) is 52.6 Å². The van der Waals surface area contributed by atoms with E-state index in [0.717, 1.165) is 0 Å². The fraction of sp³-hybridized carbons (Fsp3) is 0.333. The van der Waals surface area contributed by atoms with Crippen LogP contribution in [-0.2, 0) is 14.3 Å². The molecule has 1 aromatic carbocycles. The van der Waals surface area contributed by atoms with Gasteiger partial charge >= 0.3 is 0 Å². The van der Waals surface area contributed by atoms with E-state index in [4.69, 9.17) is 9.47 Å². The quantitative estimate of drug-likeness (QED) is 0.764. The number of ketones is 2. The maximum atomic E-state index is 12.1. The molecule has 2 aliphatic rings. The number of ether oxygens (including phenoxy) is 2. The van der Waals surface area contributed by atoms with Crippen molar-refractivity contribution < 1.29 is 19.1 Å². The minimum atomic E-state index is -0.441. The molecule has 4 heteroatoms. The second kappa shape index (κ2) is 4.63. The van der Waals surface area contributed by atoms with Crippen LogP contribution < -0.4 is 0 Å². The standard InChI is InChI=1S/C15H14O4/c1-2-18-12-8-7-11-14(17)13(16)9-5-3-4-6-10(9)15(11)19-12/h3-6,12H,2,7-8H2,1H3. The minimum Gasteiger partial charge on any atom is -0.464 e. The molecule has 0 bridgehead atoms. The number of benzene rings is 1. The normalized spacial score (nSPS) is 21.8. The molecule has 0 spiro atoms. The Labute approximate surface area is 111 Å². The summed E-state index contributed by atoms with van der Waals surface area (Å²) in [4.78, 5) is 24.1. The number of Topliss-reactive ketones (excluding diaryl/α,β-unsaturated/α-hetero) is 2. The second-order valence-corrected chi connectivity index (χ2v) is 4.55. The van der Waals surface area contributed by atoms with Crippen molar-refractivity contribution in [2.24, 2.45) is 0 Å². The first-order valence-corrected chi connectivity index (χ1v) is 6.42. The van der Waals surface area contributed by atoms with Gasteiger partial charge in [-0.1, -0.05) is 24.3 Å². The van der Waals surface area contributed by atoms with Gasteiger partial charge < -0.3 is 9.47 Å². The van der Waals surface area contributed by atoms with Gasteiger partial charge in [0, 0.05) is 29.7 Å². The Balaban J connectivity index is 2.07. The van der Waals surface area contributed by atoms with Crippen LogP contribution >= 0.6 is 0 Å². The highest BCUT2D eigenvalue weighted by molar-refractivity contribution is 6.52. The number of hydrogen-bond acceptors (Lipinski definition) is 4. The summed E-state index contributed by atoms with van der Waals surface area (Å²) >= 11 is 0. The second-order valence-electron chi connectivity index (χ2n) is 4.55. The molecule has 19 heavy (non-hydrogen) atoms. The van der Waals surface area contributed by atoms with E-state index in [9.17, 15) is 9.59 Å². The summed E-state index contributed by atoms with van der Waals surface area (Å²) in [5.41, 5.74) is 1.61. The average Bonchev–Trinajstić information content (AvgIpc) is 2.45. The Bertz CT molecular complexity index is 586. The van der Waals surface area contributed by atoms with Crippen LogP contribution in [0.25, 0.3) is 5.76 Å². The zero-order valence-corrected chi connectivity index (χ0v) is 10.6. The molecule has 1 aliphatic heterocycles. The molecule has 0 saturated heterocycles. The lowest BCUT2D eigenvalue weighted by atomic mass is 9.85. The van der Waals surface area contributed by atoms with E-state index in [1.807, 2.05) is 19.1 Å². The molecule has 1 unspecified atom stereocenters. The summed E-state index contributed by atoms with van der Waals surface area (Å²) < 4.78 is 11.2. The summed E-state index contributed by atoms with van der Waals surface area (Å²) in [6, 6.07) is 7.05. The van der Waals surface area contributed by atoms with E-state index in [-0.39, 0.29) is 6.29 Å². The summed E-state index contributed by atoms with van der Waals surface area (Å²) in [6.07, 6.45) is 0.796. The van der Waals surface area contributed by atoms with Crippen LogP contribution in [-0.4, -0.2) is 24.5 Å². The predicted molar refractivity (Wildman–Crippen MR) is 68.4 cm³/mol. The highest BCUT2D eigenvalue weighted by atomic mass is 16.7. The van der Waals surface area contributed by atoms with Crippen LogP contribution in [0.1, 0.15) is 35.7 Å². The predicted octanol–water partition coefficient (Wildman–Crippen LogP) is 2.34. The van der Waals surface area contributed by atoms with E-state index >= 15 is 0 Å². The Morgan fingerprint density at radius 3 is 2.68 bits per heavy atom. The van der Waals surface area contributed by atoms with E-state index < -0.39 is 11.6 Å². The Morgan fingerprint density at radius 1 is 1.21 bits per heavy atom. The molecular weight excluding hydrogens is 244 g/mol. The maximum absolute atomic E-state index is 12.1. The number of carbonyl (C=O) groups is 2. The molecule has 0 saturated carbocycles. The minimum absolute atomic E-state index is 0.335. The number of carbonyl (C=O) groups excluding carboxylic acids is 2. The van der Waals surface area contributed by atoms with Crippen LogP contribution in [0.3, 0.4) is 0 Å². The molecule has 0 aromatic heterocycles. The first-order chi connectivity index (χ1) is 9.22. The van der Waals surface area contributed by atoms with Gasteiger partial charge in [-0.15, -0.1) is 0 Å². The van der Waals surface area contributed by atoms with Gasteiger partial charge in [0.1, 0.15) is 5.76 Å². The van der Waals surface area contributed by atoms with Crippen molar-refractivity contribution in [3.05, 3.63) is 41.0 Å². The van der Waals surface area contributed by atoms with Crippen molar-refractivity contribution in [3.63, 3.8) is 0 Å². The van der Waals surface area contributed by atoms with Crippen LogP contribution in [0.15, 0.2) is 29.8 Å². The highest BCUT2D eigenvalue weighted by Gasteiger charge is 2.37. The van der Waals surface area contributed by atoms with Crippen molar-refractivity contribution in [1.82, 2.24) is 0 Å². The fourth-order valence-electron chi connectivity index (χ4n) is 2.52. The summed E-state index contributed by atoms with van der Waals surface area (Å²) in [6.45, 7) is 2.46. The molecule has 4 nitrogen and oxygen atoms in total. The summed E-state index contributed by atoms with van der Waals surface area (Å²) in [7, 11) is 0. The maximum Gasteiger partial charge on any atom is 0.234 e. The third-order valence-electron chi connectivity index (χ3n) is 3.40. The first kappa shape index (κ1) is 12.1. The molecule has 1 atom stereocenters. The van der Waals surface area contributed by atoms with E-state index in [1.165, 1.54) is 0 Å². The van der Waals surface area contributed by atoms with E-state index in [2.05, 4.69) is 0 Å². The largest absolute Gasteiger partial charge is 0.464 e. The van der Waals surface area contributed by atoms with Gasteiger partial charge in [-0.2, -0.15) is 0 Å². The van der Waals surface area contributed by atoms with Crippen molar-refractivity contribution in [2.45, 2.75) is 26.1 Å². The number of hydrogen-bond donors (Lipinski definition) is 0. The lowest BCUT2D eigenvalue weighted by Gasteiger charge is -2.30. The molecule has 0 N–H and O–H groups in total. The van der Waals surface area contributed by atoms with Gasteiger partial charge in [-0.05, 0) is 13.3 Å². The van der Waals surface area contributed by atoms with Crippen LogP contribution in [0.4, 0.5) is 0 Å². The Kier molecular flexibility index (Phi) is 2.95. The zero-order chi connectivity index (χ0) is 13.4. The Hall–Kier alpha value is -1.94. The molecule has 0 amide bonds. The van der Waals surface area contributed by atoms with Crippen molar-refractivity contribution in [1.29, 1.82) is 0 Å². The highest BCUT2D eigenvalue weighted by Crippen LogP contribution is 2.37. The third kappa shape index (κ3) is 1.88. The zero-order valence-electron chi connectivity index (χ0n) is 10.6. The lowest BCUT2D eigenvalue weighted by molar-refractivity contribution is -0.116. The van der Waals surface area contributed by atoms with E-state index in [0.29, 0.717) is 41.9 Å². The SMILES string of the molecule is CCOC1CCC2=C(O1)c1ccccc1C(=O)C2=O. The van der Waals surface area contributed by atoms with E-state index in [1.54, 1.807) is 12.1 Å². The molecule has 98 valence electrons. The molecule has 0 fully saturated rings. The van der Waals surface area contributed by atoms with Gasteiger partial charge in [0.2, 0.25) is 11.6 Å². The average molecular weight is 258 g/mol. The molecule has 3 rings (SSSR count). The van der Waals surface area contributed by atoms with Gasteiger partial charge in [0.05, 0.1) is 0 Å². The van der Waals surface area contributed by atoms with Crippen LogP contribution in [0, 0.1) is 0 Å². The lowest BCUT2D eigenvalue weighted by Crippen LogP contribution is -2.31.